The highest BCUT2D eigenvalue weighted by atomic mass is 16.2. The van der Waals surface area contributed by atoms with Gasteiger partial charge in [0.15, 0.2) is 11.5 Å². The van der Waals surface area contributed by atoms with Crippen molar-refractivity contribution < 1.29 is 0 Å². The average molecular weight is 433 g/mol. The van der Waals surface area contributed by atoms with E-state index in [-0.39, 0.29) is 17.2 Å². The number of aliphatic imine (C=N–C) groups is 1. The van der Waals surface area contributed by atoms with Crippen LogP contribution in [0, 0.1) is 5.92 Å². The minimum absolute atomic E-state index is 0.209. The number of hydrogen-bond donors (Lipinski definition) is 1. The van der Waals surface area contributed by atoms with Crippen LogP contribution in [0.3, 0.4) is 0 Å². The van der Waals surface area contributed by atoms with Gasteiger partial charge >= 0.3 is 5.69 Å². The summed E-state index contributed by atoms with van der Waals surface area (Å²) in [5.41, 5.74) is 8.26. The van der Waals surface area contributed by atoms with E-state index in [1.165, 1.54) is 7.05 Å². The van der Waals surface area contributed by atoms with Crippen LogP contribution in [0.25, 0.3) is 11.0 Å². The normalized spacial score (nSPS) is 14.8. The monoisotopic (exact) mass is 432 g/mol. The van der Waals surface area contributed by atoms with Gasteiger partial charge in [0.1, 0.15) is 5.39 Å². The van der Waals surface area contributed by atoms with E-state index in [4.69, 9.17) is 15.8 Å². The minimum Gasteiger partial charge on any atom is -0.326 e. The Bertz CT molecular complexity index is 1370. The second-order valence-electron chi connectivity index (χ2n) is 8.45. The molecule has 1 aromatic carbocycles. The Morgan fingerprint density at radius 3 is 2.66 bits per heavy atom. The average Bonchev–Trinajstić information content (AvgIpc) is 3.13. The summed E-state index contributed by atoms with van der Waals surface area (Å²) in [5, 5.41) is 5.09. The Morgan fingerprint density at radius 2 is 1.97 bits per heavy atom. The molecule has 0 bridgehead atoms. The lowest BCUT2D eigenvalue weighted by Gasteiger charge is -2.10. The Kier molecular flexibility index (Phi) is 6.05. The molecule has 2 heterocycles. The maximum absolute atomic E-state index is 13.2. The molecule has 0 saturated carbocycles. The van der Waals surface area contributed by atoms with Crippen molar-refractivity contribution in [1.29, 1.82) is 0 Å². The predicted molar refractivity (Wildman–Crippen MR) is 127 cm³/mol. The third-order valence-corrected chi connectivity index (χ3v) is 5.42. The molecule has 3 aromatic rings. The summed E-state index contributed by atoms with van der Waals surface area (Å²) in [7, 11) is 1.50. The highest BCUT2D eigenvalue weighted by molar-refractivity contribution is 6.00. The molecule has 4 rings (SSSR count). The van der Waals surface area contributed by atoms with Crippen molar-refractivity contribution in [1.82, 2.24) is 18.9 Å². The van der Waals surface area contributed by atoms with Gasteiger partial charge in [0.2, 0.25) is 0 Å². The van der Waals surface area contributed by atoms with Crippen LogP contribution >= 0.6 is 0 Å². The molecule has 2 N–H and O–H groups in total. The van der Waals surface area contributed by atoms with Gasteiger partial charge < -0.3 is 5.73 Å². The van der Waals surface area contributed by atoms with Gasteiger partial charge in [-0.25, -0.2) is 14.5 Å². The molecule has 0 aliphatic heterocycles. The van der Waals surface area contributed by atoms with Gasteiger partial charge in [-0.05, 0) is 23.1 Å². The maximum atomic E-state index is 13.2. The number of allylic oxidation sites excluding steroid dienone is 4. The van der Waals surface area contributed by atoms with Gasteiger partial charge in [0.05, 0.1) is 6.54 Å². The van der Waals surface area contributed by atoms with Gasteiger partial charge in [0, 0.05) is 32.3 Å². The summed E-state index contributed by atoms with van der Waals surface area (Å²) in [6.45, 7) is 5.36. The number of fused-ring (bicyclic) bond motifs is 1. The quantitative estimate of drug-likeness (QED) is 0.647. The lowest BCUT2D eigenvalue weighted by Crippen LogP contribution is -2.38. The van der Waals surface area contributed by atoms with E-state index < -0.39 is 0 Å². The maximum Gasteiger partial charge on any atom is 0.332 e. The van der Waals surface area contributed by atoms with E-state index >= 15 is 0 Å². The van der Waals surface area contributed by atoms with Crippen molar-refractivity contribution >= 4 is 22.6 Å². The van der Waals surface area contributed by atoms with Crippen LogP contribution < -0.4 is 17.0 Å². The van der Waals surface area contributed by atoms with Crippen LogP contribution in [-0.2, 0) is 26.7 Å². The van der Waals surface area contributed by atoms with Gasteiger partial charge in [-0.15, -0.1) is 0 Å². The van der Waals surface area contributed by atoms with E-state index in [1.807, 2.05) is 62.4 Å². The Morgan fingerprint density at radius 1 is 1.19 bits per heavy atom. The topological polar surface area (TPSA) is 100 Å². The van der Waals surface area contributed by atoms with Gasteiger partial charge in [-0.1, -0.05) is 56.3 Å². The molecule has 0 radical (unpaired) electrons. The Hall–Kier alpha value is -3.52. The number of rotatable bonds is 6. The Labute approximate surface area is 186 Å². The third kappa shape index (κ3) is 4.13. The number of nitrogens with two attached hydrogens (primary N) is 1. The summed E-state index contributed by atoms with van der Waals surface area (Å²) in [6, 6.07) is 7.94. The molecule has 32 heavy (non-hydrogen) atoms. The lowest BCUT2D eigenvalue weighted by molar-refractivity contribution is 0.498. The van der Waals surface area contributed by atoms with Crippen molar-refractivity contribution in [2.45, 2.75) is 39.9 Å². The first-order valence-electron chi connectivity index (χ1n) is 10.8. The van der Waals surface area contributed by atoms with Crippen LogP contribution in [0.4, 0.5) is 5.82 Å². The molecule has 0 atom stereocenters. The van der Waals surface area contributed by atoms with Crippen LogP contribution in [0.2, 0.25) is 0 Å². The number of nitrogens with zero attached hydrogens (tertiary/aromatic N) is 5. The zero-order valence-corrected chi connectivity index (χ0v) is 18.7. The van der Waals surface area contributed by atoms with Crippen molar-refractivity contribution in [3.05, 3.63) is 80.5 Å². The largest absolute Gasteiger partial charge is 0.332 e. The molecule has 1 aliphatic rings. The van der Waals surface area contributed by atoms with E-state index in [9.17, 15) is 9.59 Å². The standard InChI is InChI=1S/C24H28N6O2/c1-16(2)14-29-22-20(23(31)28(3)24(29)32)21(26-19-10-5-4-6-11-19)30(27-22)15-18-9-7-8-17(12-18)13-25/h4-10,12,16H,11,13-15,25H2,1-3H3. The molecular weight excluding hydrogens is 404 g/mol. The summed E-state index contributed by atoms with van der Waals surface area (Å²) in [4.78, 5) is 30.9. The molecule has 0 amide bonds. The molecule has 166 valence electrons. The van der Waals surface area contributed by atoms with Crippen molar-refractivity contribution in [3.8, 4) is 0 Å². The first-order chi connectivity index (χ1) is 15.4. The highest BCUT2D eigenvalue weighted by Crippen LogP contribution is 2.25. The van der Waals surface area contributed by atoms with Crippen LogP contribution in [-0.4, -0.2) is 24.6 Å². The molecule has 0 saturated heterocycles. The smallest absolute Gasteiger partial charge is 0.326 e. The second-order valence-corrected chi connectivity index (χ2v) is 8.45. The summed E-state index contributed by atoms with van der Waals surface area (Å²) in [5.74, 6) is 0.673. The van der Waals surface area contributed by atoms with Crippen LogP contribution in [0.15, 0.2) is 63.2 Å². The highest BCUT2D eigenvalue weighted by Gasteiger charge is 2.22. The Balaban J connectivity index is 1.99. The lowest BCUT2D eigenvalue weighted by atomic mass is 10.1. The fourth-order valence-corrected chi connectivity index (χ4v) is 3.85. The first kappa shape index (κ1) is 21.7. The summed E-state index contributed by atoms with van der Waals surface area (Å²) >= 11 is 0. The molecule has 2 aromatic heterocycles. The molecule has 0 fully saturated rings. The van der Waals surface area contributed by atoms with E-state index in [1.54, 1.807) is 9.25 Å². The zero-order chi connectivity index (χ0) is 22.8. The van der Waals surface area contributed by atoms with Gasteiger partial charge in [0.25, 0.3) is 5.56 Å². The first-order valence-corrected chi connectivity index (χ1v) is 10.8. The van der Waals surface area contributed by atoms with E-state index in [2.05, 4.69) is 0 Å². The fourth-order valence-electron chi connectivity index (χ4n) is 3.85. The van der Waals surface area contributed by atoms with Crippen LogP contribution in [0.1, 0.15) is 31.4 Å². The van der Waals surface area contributed by atoms with E-state index in [0.29, 0.717) is 42.9 Å². The molecule has 1 aliphatic carbocycles. The fraction of sp³-hybridized carbons (Fsp3) is 0.333. The van der Waals surface area contributed by atoms with Crippen LogP contribution in [0.5, 0.6) is 0 Å². The van der Waals surface area contributed by atoms with Crippen molar-refractivity contribution in [3.63, 3.8) is 0 Å². The molecule has 0 spiro atoms. The number of hydrogen-bond acceptors (Lipinski definition) is 5. The molecule has 8 heteroatoms. The molecule has 8 nitrogen and oxygen atoms in total. The zero-order valence-electron chi connectivity index (χ0n) is 18.7. The van der Waals surface area contributed by atoms with Crippen molar-refractivity contribution in [2.75, 3.05) is 0 Å². The van der Waals surface area contributed by atoms with Gasteiger partial charge in [-0.2, -0.15) is 5.10 Å². The predicted octanol–water partition coefficient (Wildman–Crippen LogP) is 2.65. The summed E-state index contributed by atoms with van der Waals surface area (Å²) < 4.78 is 4.44. The van der Waals surface area contributed by atoms with Crippen molar-refractivity contribution in [2.24, 2.45) is 23.7 Å². The molecular formula is C24H28N6O2. The number of benzene rings is 1. The third-order valence-electron chi connectivity index (χ3n) is 5.42. The molecule has 0 unspecified atom stereocenters. The van der Waals surface area contributed by atoms with E-state index in [0.717, 1.165) is 21.4 Å². The number of aromatic nitrogens is 4. The van der Waals surface area contributed by atoms with Gasteiger partial charge in [-0.3, -0.25) is 13.9 Å². The second kappa shape index (κ2) is 8.92. The minimum atomic E-state index is -0.387. The summed E-state index contributed by atoms with van der Waals surface area (Å²) in [6.07, 6.45) is 8.48. The SMILES string of the molecule is CC(C)Cn1c(=O)n(C)c(=O)c2c(N=C3C=CC=CC3)n(Cc3cccc(CN)c3)nc21.